The average molecular weight is 402 g/mol. The van der Waals surface area contributed by atoms with Gasteiger partial charge in [0.15, 0.2) is 5.76 Å². The molecule has 0 fully saturated rings. The minimum Gasteiger partial charge on any atom is -0.455 e. The highest BCUT2D eigenvalue weighted by Crippen LogP contribution is 2.39. The van der Waals surface area contributed by atoms with Crippen molar-refractivity contribution in [1.29, 1.82) is 0 Å². The second kappa shape index (κ2) is 7.31. The van der Waals surface area contributed by atoms with E-state index in [4.69, 9.17) is 27.5 Å². The zero-order valence-corrected chi connectivity index (χ0v) is 17.1. The number of nitrogens with two attached hydrogens (primary N) is 2. The number of amides is 1. The molecule has 1 aliphatic rings. The van der Waals surface area contributed by atoms with Crippen LogP contribution in [0.2, 0.25) is 5.02 Å². The lowest BCUT2D eigenvalue weighted by molar-refractivity contribution is 0.0992. The summed E-state index contributed by atoms with van der Waals surface area (Å²) in [6.07, 6.45) is 1.37. The van der Waals surface area contributed by atoms with Gasteiger partial charge in [0.1, 0.15) is 5.76 Å². The molecule has 28 heavy (non-hydrogen) atoms. The minimum atomic E-state index is -0.323. The van der Waals surface area contributed by atoms with Crippen molar-refractivity contribution >= 4 is 34.9 Å². The van der Waals surface area contributed by atoms with Gasteiger partial charge < -0.3 is 21.2 Å². The van der Waals surface area contributed by atoms with Gasteiger partial charge in [0.2, 0.25) is 5.96 Å². The van der Waals surface area contributed by atoms with Crippen molar-refractivity contribution in [3.63, 3.8) is 0 Å². The van der Waals surface area contributed by atoms with Crippen LogP contribution in [0.3, 0.4) is 0 Å². The monoisotopic (exact) mass is 401 g/mol. The summed E-state index contributed by atoms with van der Waals surface area (Å²) in [6.45, 7) is 7.94. The van der Waals surface area contributed by atoms with Crippen molar-refractivity contribution in [2.24, 2.45) is 27.1 Å². The smallest absolute Gasteiger partial charge is 0.291 e. The molecule has 1 heterocycles. The second-order valence-electron chi connectivity index (χ2n) is 7.86. The Balaban J connectivity index is 2.00. The number of halogens is 1. The van der Waals surface area contributed by atoms with Crippen molar-refractivity contribution in [3.05, 3.63) is 51.4 Å². The molecule has 0 radical (unpaired) electrons. The lowest BCUT2D eigenvalue weighted by atomic mass is 9.75. The molecule has 7 nitrogen and oxygen atoms in total. The number of carbonyl (C=O) groups is 1. The molecule has 1 aromatic heterocycles. The molecule has 3 rings (SSSR count). The van der Waals surface area contributed by atoms with Crippen LogP contribution in [0.4, 0.5) is 5.69 Å². The predicted molar refractivity (Wildman–Crippen MR) is 112 cm³/mol. The second-order valence-corrected chi connectivity index (χ2v) is 8.29. The van der Waals surface area contributed by atoms with Crippen LogP contribution in [0.25, 0.3) is 0 Å². The van der Waals surface area contributed by atoms with Crippen LogP contribution in [-0.4, -0.2) is 17.6 Å². The molecule has 1 amide bonds. The molecule has 0 atom stereocenters. The summed E-state index contributed by atoms with van der Waals surface area (Å²) in [5.74, 6) is 0.539. The summed E-state index contributed by atoms with van der Waals surface area (Å²) in [4.78, 5) is 12.9. The van der Waals surface area contributed by atoms with Gasteiger partial charge in [-0.1, -0.05) is 25.4 Å². The van der Waals surface area contributed by atoms with Crippen LogP contribution >= 0.6 is 11.6 Å². The van der Waals surface area contributed by atoms with E-state index < -0.39 is 0 Å². The Morgan fingerprint density at radius 3 is 2.61 bits per heavy atom. The van der Waals surface area contributed by atoms with Gasteiger partial charge in [0.05, 0.1) is 5.71 Å². The number of carbonyl (C=O) groups excluding carboxylic acids is 1. The summed E-state index contributed by atoms with van der Waals surface area (Å²) in [7, 11) is 0. The van der Waals surface area contributed by atoms with Crippen LogP contribution in [0.5, 0.6) is 0 Å². The molecule has 0 bridgehead atoms. The number of furan rings is 1. The molecule has 0 unspecified atom stereocenters. The highest BCUT2D eigenvalue weighted by atomic mass is 35.5. The quantitative estimate of drug-likeness (QED) is 0.412. The molecular formula is C20H24ClN5O2. The molecule has 5 N–H and O–H groups in total. The van der Waals surface area contributed by atoms with Crippen molar-refractivity contribution in [3.8, 4) is 0 Å². The number of guanidine groups is 1. The van der Waals surface area contributed by atoms with Crippen molar-refractivity contribution in [1.82, 2.24) is 0 Å². The fourth-order valence-corrected chi connectivity index (χ4v) is 3.71. The first kappa shape index (κ1) is 19.9. The normalized spacial score (nSPS) is 16.5. The van der Waals surface area contributed by atoms with Crippen molar-refractivity contribution < 1.29 is 9.21 Å². The van der Waals surface area contributed by atoms with E-state index in [1.807, 2.05) is 13.8 Å². The van der Waals surface area contributed by atoms with Gasteiger partial charge in [-0.3, -0.25) is 4.79 Å². The lowest BCUT2D eigenvalue weighted by Crippen LogP contribution is -2.27. The van der Waals surface area contributed by atoms with E-state index >= 15 is 0 Å². The van der Waals surface area contributed by atoms with Gasteiger partial charge in [-0.2, -0.15) is 5.10 Å². The largest absolute Gasteiger partial charge is 0.455 e. The van der Waals surface area contributed by atoms with Gasteiger partial charge >= 0.3 is 0 Å². The Labute approximate surface area is 168 Å². The van der Waals surface area contributed by atoms with Gasteiger partial charge in [-0.05, 0) is 49.4 Å². The number of hydrogen-bond acceptors (Lipinski definition) is 4. The number of benzene rings is 1. The van der Waals surface area contributed by atoms with Crippen LogP contribution in [0.15, 0.2) is 32.8 Å². The standard InChI is InChI=1S/C20H24ClN5O2/c1-10-7-12(21)5-6-13(10)24-18(27)17-11(2)16-14(25-26-19(22)23)8-20(3,4)9-15(16)28-17/h5-7H,8-9H2,1-4H3,(H,24,27)(H4,22,23,26)/b25-14-. The molecule has 0 spiro atoms. The maximum absolute atomic E-state index is 12.9. The molecule has 1 aromatic carbocycles. The number of fused-ring (bicyclic) bond motifs is 1. The third kappa shape index (κ3) is 4.04. The van der Waals surface area contributed by atoms with Gasteiger partial charge in [-0.15, -0.1) is 5.10 Å². The zero-order chi connectivity index (χ0) is 20.6. The maximum atomic E-state index is 12.9. The van der Waals surface area contributed by atoms with Crippen LogP contribution in [0, 0.1) is 19.3 Å². The summed E-state index contributed by atoms with van der Waals surface area (Å²) >= 11 is 5.99. The SMILES string of the molecule is Cc1cc(Cl)ccc1NC(=O)c1oc2c(c1C)/C(=N\N=C(N)N)CC(C)(C)C2. The highest BCUT2D eigenvalue weighted by molar-refractivity contribution is 6.30. The van der Waals surface area contributed by atoms with E-state index in [9.17, 15) is 4.79 Å². The molecule has 148 valence electrons. The van der Waals surface area contributed by atoms with Gasteiger partial charge in [0, 0.05) is 28.3 Å². The first-order valence-corrected chi connectivity index (χ1v) is 9.31. The summed E-state index contributed by atoms with van der Waals surface area (Å²) in [5.41, 5.74) is 14.5. The first-order valence-electron chi connectivity index (χ1n) is 8.93. The Morgan fingerprint density at radius 1 is 1.25 bits per heavy atom. The van der Waals surface area contributed by atoms with E-state index in [1.54, 1.807) is 18.2 Å². The highest BCUT2D eigenvalue weighted by Gasteiger charge is 2.36. The summed E-state index contributed by atoms with van der Waals surface area (Å²) in [5, 5.41) is 11.5. The Hall–Kier alpha value is -2.80. The van der Waals surface area contributed by atoms with Crippen LogP contribution in [-0.2, 0) is 6.42 Å². The van der Waals surface area contributed by atoms with E-state index in [0.29, 0.717) is 29.3 Å². The number of nitrogens with one attached hydrogen (secondary N) is 1. The molecule has 0 saturated heterocycles. The first-order chi connectivity index (χ1) is 13.1. The topological polar surface area (TPSA) is 119 Å². The van der Waals surface area contributed by atoms with E-state index in [0.717, 1.165) is 22.5 Å². The molecule has 2 aromatic rings. The number of aryl methyl sites for hydroxylation is 1. The molecule has 0 aliphatic heterocycles. The molecule has 8 heteroatoms. The van der Waals surface area contributed by atoms with Gasteiger partial charge in [0.25, 0.3) is 5.91 Å². The number of anilines is 1. The zero-order valence-electron chi connectivity index (χ0n) is 16.4. The summed E-state index contributed by atoms with van der Waals surface area (Å²) in [6, 6.07) is 5.29. The Kier molecular flexibility index (Phi) is 5.21. The van der Waals surface area contributed by atoms with Crippen molar-refractivity contribution in [2.75, 3.05) is 5.32 Å². The van der Waals surface area contributed by atoms with Crippen LogP contribution in [0.1, 0.15) is 53.3 Å². The fourth-order valence-electron chi connectivity index (χ4n) is 3.48. The fraction of sp³-hybridized carbons (Fsp3) is 0.350. The minimum absolute atomic E-state index is 0.0878. The molecule has 0 saturated carbocycles. The molecule has 1 aliphatic carbocycles. The number of hydrogen-bond donors (Lipinski definition) is 3. The number of rotatable bonds is 3. The predicted octanol–water partition coefficient (Wildman–Crippen LogP) is 3.75. The third-order valence-corrected chi connectivity index (χ3v) is 4.96. The third-order valence-electron chi connectivity index (χ3n) is 4.72. The Bertz CT molecular complexity index is 1000. The Morgan fingerprint density at radius 2 is 1.96 bits per heavy atom. The maximum Gasteiger partial charge on any atom is 0.291 e. The van der Waals surface area contributed by atoms with E-state index in [1.165, 1.54) is 0 Å². The van der Waals surface area contributed by atoms with Gasteiger partial charge in [-0.25, -0.2) is 0 Å². The average Bonchev–Trinajstić information content (AvgIpc) is 2.90. The molecular weight excluding hydrogens is 378 g/mol. The van der Waals surface area contributed by atoms with Crippen molar-refractivity contribution in [2.45, 2.75) is 40.5 Å². The van der Waals surface area contributed by atoms with Crippen LogP contribution < -0.4 is 16.8 Å². The number of nitrogens with zero attached hydrogens (tertiary/aromatic N) is 2. The lowest BCUT2D eigenvalue weighted by Gasteiger charge is -2.29. The van der Waals surface area contributed by atoms with E-state index in [2.05, 4.69) is 29.4 Å². The van der Waals surface area contributed by atoms with E-state index in [-0.39, 0.29) is 23.0 Å². The summed E-state index contributed by atoms with van der Waals surface area (Å²) < 4.78 is 5.98.